The fourth-order valence-electron chi connectivity index (χ4n) is 3.23. The van der Waals surface area contributed by atoms with Crippen molar-refractivity contribution in [3.63, 3.8) is 0 Å². The first-order valence-corrected chi connectivity index (χ1v) is 8.55. The Balaban J connectivity index is 1.63. The Morgan fingerprint density at radius 1 is 1.39 bits per heavy atom. The Hall–Kier alpha value is -1.69. The summed E-state index contributed by atoms with van der Waals surface area (Å²) in [6.07, 6.45) is 5.53. The molecule has 0 aromatic carbocycles. The van der Waals surface area contributed by atoms with Crippen LogP contribution in [0.3, 0.4) is 0 Å². The summed E-state index contributed by atoms with van der Waals surface area (Å²) in [7, 11) is 0. The van der Waals surface area contributed by atoms with Gasteiger partial charge >= 0.3 is 0 Å². The van der Waals surface area contributed by atoms with E-state index >= 15 is 0 Å². The van der Waals surface area contributed by atoms with Gasteiger partial charge in [0.2, 0.25) is 11.9 Å². The van der Waals surface area contributed by atoms with Gasteiger partial charge in [-0.1, -0.05) is 20.8 Å². The zero-order valence-electron chi connectivity index (χ0n) is 14.2. The number of nitrogens with zero attached hydrogens (tertiary/aromatic N) is 3. The first-order valence-electron chi connectivity index (χ1n) is 8.55. The van der Waals surface area contributed by atoms with Crippen molar-refractivity contribution in [1.29, 1.82) is 0 Å². The van der Waals surface area contributed by atoms with Crippen molar-refractivity contribution in [3.05, 3.63) is 18.0 Å². The van der Waals surface area contributed by atoms with E-state index in [-0.39, 0.29) is 24.0 Å². The molecule has 0 spiro atoms. The van der Waals surface area contributed by atoms with Crippen molar-refractivity contribution in [2.45, 2.75) is 45.8 Å². The summed E-state index contributed by atoms with van der Waals surface area (Å²) in [5.41, 5.74) is 1.14. The molecule has 3 heterocycles. The van der Waals surface area contributed by atoms with Crippen LogP contribution in [0, 0.1) is 11.8 Å². The Labute approximate surface area is 137 Å². The molecule has 3 rings (SSSR count). The monoisotopic (exact) mass is 318 g/mol. The van der Waals surface area contributed by atoms with Crippen LogP contribution in [0.2, 0.25) is 0 Å². The van der Waals surface area contributed by atoms with E-state index in [1.807, 2.05) is 12.4 Å². The van der Waals surface area contributed by atoms with Gasteiger partial charge in [0.05, 0.1) is 18.1 Å². The predicted molar refractivity (Wildman–Crippen MR) is 88.2 cm³/mol. The molecule has 6 nitrogen and oxygen atoms in total. The molecular formula is C17H26N4O2. The third-order valence-electron chi connectivity index (χ3n) is 4.56. The van der Waals surface area contributed by atoms with E-state index in [0.717, 1.165) is 37.4 Å². The minimum atomic E-state index is -0.0598. The quantitative estimate of drug-likeness (QED) is 0.889. The Morgan fingerprint density at radius 2 is 2.13 bits per heavy atom. The van der Waals surface area contributed by atoms with Gasteiger partial charge in [0.25, 0.3) is 0 Å². The van der Waals surface area contributed by atoms with Gasteiger partial charge in [-0.3, -0.25) is 4.79 Å². The van der Waals surface area contributed by atoms with E-state index in [1.54, 1.807) is 0 Å². The van der Waals surface area contributed by atoms with Crippen molar-refractivity contribution in [2.24, 2.45) is 11.8 Å². The Kier molecular flexibility index (Phi) is 4.80. The van der Waals surface area contributed by atoms with Crippen molar-refractivity contribution >= 4 is 11.9 Å². The second-order valence-electron chi connectivity index (χ2n) is 6.93. The van der Waals surface area contributed by atoms with Gasteiger partial charge in [0.1, 0.15) is 0 Å². The highest BCUT2D eigenvalue weighted by molar-refractivity contribution is 5.79. The SMILES string of the molecule is CCc1cnc(N2C[C@H]3C[C@H](C(=O)NCC(C)C)[C@@H](C2)O3)nc1. The number of anilines is 1. The highest BCUT2D eigenvalue weighted by Crippen LogP contribution is 2.33. The summed E-state index contributed by atoms with van der Waals surface area (Å²) < 4.78 is 5.98. The van der Waals surface area contributed by atoms with Gasteiger partial charge in [0, 0.05) is 32.0 Å². The fraction of sp³-hybridized carbons (Fsp3) is 0.706. The van der Waals surface area contributed by atoms with E-state index in [1.165, 1.54) is 0 Å². The average Bonchev–Trinajstić information content (AvgIpc) is 2.86. The smallest absolute Gasteiger partial charge is 0.225 e. The van der Waals surface area contributed by atoms with E-state index in [4.69, 9.17) is 4.74 Å². The summed E-state index contributed by atoms with van der Waals surface area (Å²) in [6.45, 7) is 8.45. The first kappa shape index (κ1) is 16.2. The predicted octanol–water partition coefficient (Wildman–Crippen LogP) is 1.40. The minimum absolute atomic E-state index is 0.0568. The van der Waals surface area contributed by atoms with Crippen LogP contribution >= 0.6 is 0 Å². The highest BCUT2D eigenvalue weighted by atomic mass is 16.5. The number of fused-ring (bicyclic) bond motifs is 2. The van der Waals surface area contributed by atoms with Gasteiger partial charge in [-0.2, -0.15) is 0 Å². The summed E-state index contributed by atoms with van der Waals surface area (Å²) in [5, 5.41) is 3.04. The van der Waals surface area contributed by atoms with Gasteiger partial charge in [-0.25, -0.2) is 9.97 Å². The third-order valence-corrected chi connectivity index (χ3v) is 4.56. The standard InChI is InChI=1S/C17H26N4O2/c1-4-12-7-19-17(20-8-12)21-9-13-5-14(15(10-21)23-13)16(22)18-6-11(2)3/h7-8,11,13-15H,4-6,9-10H2,1-3H3,(H,18,22)/t13-,14+,15-/m1/s1. The number of amides is 1. The van der Waals surface area contributed by atoms with Crippen molar-refractivity contribution < 1.29 is 9.53 Å². The highest BCUT2D eigenvalue weighted by Gasteiger charge is 2.45. The number of carbonyl (C=O) groups is 1. The summed E-state index contributed by atoms with van der Waals surface area (Å²) in [6, 6.07) is 0. The molecule has 0 aliphatic carbocycles. The molecule has 1 aromatic rings. The lowest BCUT2D eigenvalue weighted by Gasteiger charge is -2.32. The molecule has 2 bridgehead atoms. The van der Waals surface area contributed by atoms with Crippen molar-refractivity contribution in [2.75, 3.05) is 24.5 Å². The van der Waals surface area contributed by atoms with Crippen LogP contribution in [0.1, 0.15) is 32.8 Å². The van der Waals surface area contributed by atoms with E-state index in [9.17, 15) is 4.79 Å². The normalized spacial score (nSPS) is 26.6. The molecule has 2 fully saturated rings. The number of morpholine rings is 1. The number of nitrogens with one attached hydrogen (secondary N) is 1. The van der Waals surface area contributed by atoms with Crippen LogP contribution in [0.5, 0.6) is 0 Å². The van der Waals surface area contributed by atoms with Gasteiger partial charge in [-0.05, 0) is 24.3 Å². The maximum atomic E-state index is 12.4. The zero-order chi connectivity index (χ0) is 16.4. The van der Waals surface area contributed by atoms with Crippen LogP contribution in [0.15, 0.2) is 12.4 Å². The number of aryl methyl sites for hydroxylation is 1. The molecule has 6 heteroatoms. The molecule has 2 saturated heterocycles. The molecule has 23 heavy (non-hydrogen) atoms. The summed E-state index contributed by atoms with van der Waals surface area (Å²) >= 11 is 0. The van der Waals surface area contributed by atoms with Crippen LogP contribution in [-0.2, 0) is 16.0 Å². The summed E-state index contributed by atoms with van der Waals surface area (Å²) in [4.78, 5) is 23.4. The van der Waals surface area contributed by atoms with Crippen molar-refractivity contribution in [1.82, 2.24) is 15.3 Å². The fourth-order valence-corrected chi connectivity index (χ4v) is 3.23. The number of carbonyl (C=O) groups excluding carboxylic acids is 1. The minimum Gasteiger partial charge on any atom is -0.370 e. The Morgan fingerprint density at radius 3 is 2.78 bits per heavy atom. The summed E-state index contributed by atoms with van der Waals surface area (Å²) in [5.74, 6) is 1.26. The number of ether oxygens (including phenoxy) is 1. The van der Waals surface area contributed by atoms with Crippen LogP contribution in [0.25, 0.3) is 0 Å². The lowest BCUT2D eigenvalue weighted by atomic mass is 9.99. The maximum absolute atomic E-state index is 12.4. The van der Waals surface area contributed by atoms with E-state index in [0.29, 0.717) is 12.5 Å². The van der Waals surface area contributed by atoms with Crippen LogP contribution in [0.4, 0.5) is 5.95 Å². The first-order chi connectivity index (χ1) is 11.1. The molecule has 1 N–H and O–H groups in total. The molecule has 2 aliphatic heterocycles. The largest absolute Gasteiger partial charge is 0.370 e. The maximum Gasteiger partial charge on any atom is 0.225 e. The second-order valence-corrected chi connectivity index (χ2v) is 6.93. The van der Waals surface area contributed by atoms with Crippen LogP contribution in [-0.4, -0.2) is 47.7 Å². The average molecular weight is 318 g/mol. The van der Waals surface area contributed by atoms with Crippen LogP contribution < -0.4 is 10.2 Å². The number of rotatable bonds is 5. The number of hydrogen-bond donors (Lipinski definition) is 1. The number of aromatic nitrogens is 2. The number of hydrogen-bond acceptors (Lipinski definition) is 5. The van der Waals surface area contributed by atoms with Gasteiger partial charge < -0.3 is 15.0 Å². The lowest BCUT2D eigenvalue weighted by Crippen LogP contribution is -2.46. The van der Waals surface area contributed by atoms with E-state index in [2.05, 4.69) is 41.0 Å². The van der Waals surface area contributed by atoms with E-state index < -0.39 is 0 Å². The topological polar surface area (TPSA) is 67.4 Å². The molecular weight excluding hydrogens is 292 g/mol. The van der Waals surface area contributed by atoms with Gasteiger partial charge in [-0.15, -0.1) is 0 Å². The molecule has 1 aromatic heterocycles. The third kappa shape index (κ3) is 3.63. The molecule has 0 saturated carbocycles. The molecule has 0 unspecified atom stereocenters. The molecule has 1 amide bonds. The van der Waals surface area contributed by atoms with Crippen molar-refractivity contribution in [3.8, 4) is 0 Å². The lowest BCUT2D eigenvalue weighted by molar-refractivity contribution is -0.126. The Bertz CT molecular complexity index is 546. The van der Waals surface area contributed by atoms with Gasteiger partial charge in [0.15, 0.2) is 0 Å². The molecule has 2 aliphatic rings. The molecule has 126 valence electrons. The molecule has 3 atom stereocenters. The molecule has 0 radical (unpaired) electrons. The zero-order valence-corrected chi connectivity index (χ0v) is 14.2. The second kappa shape index (κ2) is 6.83.